The minimum Gasteiger partial charge on any atom is -0.301 e. The summed E-state index contributed by atoms with van der Waals surface area (Å²) in [6.07, 6.45) is 3.40. The van der Waals surface area contributed by atoms with E-state index in [1.54, 1.807) is 0 Å². The summed E-state index contributed by atoms with van der Waals surface area (Å²) in [6.45, 7) is 18.9. The van der Waals surface area contributed by atoms with Crippen molar-refractivity contribution in [2.45, 2.75) is 85.7 Å². The van der Waals surface area contributed by atoms with E-state index in [2.05, 4.69) is 60.5 Å². The van der Waals surface area contributed by atoms with E-state index in [4.69, 9.17) is 4.84 Å². The molecule has 18 heavy (non-hydrogen) atoms. The van der Waals surface area contributed by atoms with Gasteiger partial charge >= 0.3 is 0 Å². The Bertz CT molecular complexity index is 310. The average molecular weight is 255 g/mol. The van der Waals surface area contributed by atoms with Gasteiger partial charge in [0.15, 0.2) is 0 Å². The van der Waals surface area contributed by atoms with Crippen LogP contribution in [0.4, 0.5) is 0 Å². The Labute approximate surface area is 114 Å². The van der Waals surface area contributed by atoms with Gasteiger partial charge in [0.05, 0.1) is 7.11 Å². The molecule has 1 aliphatic rings. The molecule has 0 bridgehead atoms. The molecule has 2 unspecified atom stereocenters. The normalized spacial score (nSPS) is 39.8. The first-order valence-electron chi connectivity index (χ1n) is 7.37. The maximum Gasteiger partial charge on any atom is 0.0575 e. The highest BCUT2D eigenvalue weighted by Gasteiger charge is 2.62. The number of hydroxylamine groups is 2. The summed E-state index contributed by atoms with van der Waals surface area (Å²) in [6, 6.07) is 0. The number of piperidine rings is 1. The van der Waals surface area contributed by atoms with Gasteiger partial charge in [-0.25, -0.2) is 0 Å². The van der Waals surface area contributed by atoms with Crippen molar-refractivity contribution < 1.29 is 4.84 Å². The van der Waals surface area contributed by atoms with Gasteiger partial charge in [-0.1, -0.05) is 41.5 Å². The fraction of sp³-hybridized carbons (Fsp3) is 1.00. The van der Waals surface area contributed by atoms with Crippen LogP contribution in [-0.4, -0.2) is 23.3 Å². The molecule has 2 nitrogen and oxygen atoms in total. The Kier molecular flexibility index (Phi) is 3.98. The second-order valence-electron chi connectivity index (χ2n) is 7.64. The Hall–Kier alpha value is -0.0800. The average Bonchev–Trinajstić information content (AvgIpc) is 2.27. The van der Waals surface area contributed by atoms with Gasteiger partial charge in [0.25, 0.3) is 0 Å². The van der Waals surface area contributed by atoms with Gasteiger partial charge in [-0.3, -0.25) is 0 Å². The summed E-state index contributed by atoms with van der Waals surface area (Å²) in [5, 5.41) is 2.30. The van der Waals surface area contributed by atoms with Crippen LogP contribution >= 0.6 is 0 Å². The molecule has 2 atom stereocenters. The second-order valence-corrected chi connectivity index (χ2v) is 7.64. The number of hydrogen-bond donors (Lipinski definition) is 0. The molecule has 1 aliphatic heterocycles. The molecule has 108 valence electrons. The SMILES string of the molecule is CCC1(C)CC(C)(C)C(C)(C)C(C)(CC)N1OC. The van der Waals surface area contributed by atoms with Crippen molar-refractivity contribution in [3.8, 4) is 0 Å². The minimum atomic E-state index is 0.0637. The number of rotatable bonds is 3. The van der Waals surface area contributed by atoms with Gasteiger partial charge in [-0.05, 0) is 43.9 Å². The van der Waals surface area contributed by atoms with Crippen LogP contribution in [0, 0.1) is 10.8 Å². The molecule has 0 aromatic carbocycles. The fourth-order valence-corrected chi connectivity index (χ4v) is 4.10. The summed E-state index contributed by atoms with van der Waals surface area (Å²) in [5.74, 6) is 0. The van der Waals surface area contributed by atoms with Crippen molar-refractivity contribution in [3.05, 3.63) is 0 Å². The van der Waals surface area contributed by atoms with Gasteiger partial charge < -0.3 is 4.84 Å². The summed E-state index contributed by atoms with van der Waals surface area (Å²) in [7, 11) is 1.83. The molecule has 2 heteroatoms. The van der Waals surface area contributed by atoms with E-state index in [0.717, 1.165) is 12.8 Å². The van der Waals surface area contributed by atoms with Crippen LogP contribution in [0.15, 0.2) is 0 Å². The maximum absolute atomic E-state index is 5.87. The molecule has 0 amide bonds. The minimum absolute atomic E-state index is 0.0637. The van der Waals surface area contributed by atoms with Crippen molar-refractivity contribution in [3.63, 3.8) is 0 Å². The first-order valence-corrected chi connectivity index (χ1v) is 7.37. The standard InChI is InChI=1S/C16H33NO/c1-10-15(7)12-13(3,4)14(5,6)16(8,11-2)17(15)18-9/h10-12H2,1-9H3. The van der Waals surface area contributed by atoms with Gasteiger partial charge in [-0.15, -0.1) is 0 Å². The predicted molar refractivity (Wildman–Crippen MR) is 78.4 cm³/mol. The Balaban J connectivity index is 3.41. The van der Waals surface area contributed by atoms with Gasteiger partial charge in [-0.2, -0.15) is 5.06 Å². The van der Waals surface area contributed by atoms with Crippen LogP contribution < -0.4 is 0 Å². The molecule has 0 aromatic heterocycles. The molecule has 1 fully saturated rings. The van der Waals surface area contributed by atoms with Crippen molar-refractivity contribution in [2.24, 2.45) is 10.8 Å². The number of nitrogens with zero attached hydrogens (tertiary/aromatic N) is 1. The Morgan fingerprint density at radius 1 is 0.944 bits per heavy atom. The predicted octanol–water partition coefficient (Wildman–Crippen LogP) is 4.64. The zero-order chi connectivity index (χ0) is 14.4. The van der Waals surface area contributed by atoms with Crippen molar-refractivity contribution in [1.82, 2.24) is 5.06 Å². The van der Waals surface area contributed by atoms with Crippen molar-refractivity contribution in [2.75, 3.05) is 7.11 Å². The van der Waals surface area contributed by atoms with Gasteiger partial charge in [0.2, 0.25) is 0 Å². The molecule has 1 saturated heterocycles. The number of hydrogen-bond acceptors (Lipinski definition) is 2. The lowest BCUT2D eigenvalue weighted by molar-refractivity contribution is -0.330. The summed E-state index contributed by atoms with van der Waals surface area (Å²) in [5.41, 5.74) is 0.698. The topological polar surface area (TPSA) is 12.5 Å². The van der Waals surface area contributed by atoms with Crippen LogP contribution in [0.3, 0.4) is 0 Å². The monoisotopic (exact) mass is 255 g/mol. The van der Waals surface area contributed by atoms with E-state index in [0.29, 0.717) is 5.41 Å². The van der Waals surface area contributed by atoms with Crippen LogP contribution in [0.1, 0.15) is 74.7 Å². The highest BCUT2D eigenvalue weighted by atomic mass is 16.7. The Morgan fingerprint density at radius 3 is 1.78 bits per heavy atom. The highest BCUT2D eigenvalue weighted by molar-refractivity contribution is 5.12. The van der Waals surface area contributed by atoms with Gasteiger partial charge in [0.1, 0.15) is 0 Å². The lowest BCUT2D eigenvalue weighted by Crippen LogP contribution is -2.71. The van der Waals surface area contributed by atoms with Crippen molar-refractivity contribution >= 4 is 0 Å². The third-order valence-electron chi connectivity index (χ3n) is 6.43. The smallest absolute Gasteiger partial charge is 0.0575 e. The highest BCUT2D eigenvalue weighted by Crippen LogP contribution is 2.60. The fourth-order valence-electron chi connectivity index (χ4n) is 4.10. The lowest BCUT2D eigenvalue weighted by Gasteiger charge is -2.67. The third kappa shape index (κ3) is 1.84. The van der Waals surface area contributed by atoms with E-state index in [9.17, 15) is 0 Å². The summed E-state index contributed by atoms with van der Waals surface area (Å²) in [4.78, 5) is 5.87. The molecule has 0 aromatic rings. The molecule has 0 radical (unpaired) electrons. The van der Waals surface area contributed by atoms with Crippen LogP contribution in [0.25, 0.3) is 0 Å². The summed E-state index contributed by atoms with van der Waals surface area (Å²) < 4.78 is 0. The van der Waals surface area contributed by atoms with Gasteiger partial charge in [0, 0.05) is 11.1 Å². The first-order chi connectivity index (χ1) is 8.02. The molecular weight excluding hydrogens is 222 g/mol. The van der Waals surface area contributed by atoms with E-state index in [1.165, 1.54) is 6.42 Å². The molecule has 1 heterocycles. The quantitative estimate of drug-likeness (QED) is 0.728. The molecule has 0 aliphatic carbocycles. The van der Waals surface area contributed by atoms with E-state index in [1.807, 2.05) is 7.11 Å². The molecule has 0 saturated carbocycles. The Morgan fingerprint density at radius 2 is 1.44 bits per heavy atom. The zero-order valence-corrected chi connectivity index (χ0v) is 14.0. The largest absolute Gasteiger partial charge is 0.301 e. The van der Waals surface area contributed by atoms with E-state index in [-0.39, 0.29) is 16.5 Å². The molecule has 1 rings (SSSR count). The van der Waals surface area contributed by atoms with Crippen molar-refractivity contribution in [1.29, 1.82) is 0 Å². The molecule has 0 spiro atoms. The zero-order valence-electron chi connectivity index (χ0n) is 14.0. The second kappa shape index (κ2) is 4.49. The van der Waals surface area contributed by atoms with Crippen LogP contribution in [0.5, 0.6) is 0 Å². The van der Waals surface area contributed by atoms with Crippen LogP contribution in [-0.2, 0) is 4.84 Å². The molecule has 0 N–H and O–H groups in total. The lowest BCUT2D eigenvalue weighted by atomic mass is 9.50. The van der Waals surface area contributed by atoms with E-state index < -0.39 is 0 Å². The van der Waals surface area contributed by atoms with E-state index >= 15 is 0 Å². The first kappa shape index (κ1) is 16.0. The summed E-state index contributed by atoms with van der Waals surface area (Å²) >= 11 is 0. The molecular formula is C16H33NO. The maximum atomic E-state index is 5.87. The third-order valence-corrected chi connectivity index (χ3v) is 6.43. The van der Waals surface area contributed by atoms with Crippen LogP contribution in [0.2, 0.25) is 0 Å².